The average molecular weight is 341 g/mol. The van der Waals surface area contributed by atoms with Gasteiger partial charge in [0.15, 0.2) is 5.43 Å². The van der Waals surface area contributed by atoms with Gasteiger partial charge in [-0.2, -0.15) is 0 Å². The minimum absolute atomic E-state index is 0.0749. The predicted molar refractivity (Wildman–Crippen MR) is 108 cm³/mol. The first kappa shape index (κ1) is 15.2. The number of rotatable bonds is 0. The van der Waals surface area contributed by atoms with E-state index in [1.165, 1.54) is 0 Å². The highest BCUT2D eigenvalue weighted by molar-refractivity contribution is 6.10. The molecule has 0 radical (unpaired) electrons. The number of hydrogen-bond donors (Lipinski definition) is 0. The van der Waals surface area contributed by atoms with Crippen molar-refractivity contribution in [2.24, 2.45) is 7.05 Å². The van der Waals surface area contributed by atoms with Gasteiger partial charge in [0.05, 0.1) is 16.4 Å². The highest BCUT2D eigenvalue weighted by Gasteiger charge is 2.24. The predicted octanol–water partition coefficient (Wildman–Crippen LogP) is 5.03. The third-order valence-electron chi connectivity index (χ3n) is 5.28. The number of nitrogens with zero attached hydrogens (tertiary/aromatic N) is 1. The van der Waals surface area contributed by atoms with Gasteiger partial charge in [0.1, 0.15) is 11.4 Å². The molecule has 1 aliphatic heterocycles. The third kappa shape index (κ3) is 1.97. The summed E-state index contributed by atoms with van der Waals surface area (Å²) in [7, 11) is 2.02. The molecule has 0 aliphatic carbocycles. The smallest absolute Gasteiger partial charge is 0.197 e. The second-order valence-corrected chi connectivity index (χ2v) is 7.48. The Labute approximate surface area is 151 Å². The molecular formula is C23H19NO2. The molecule has 3 heteroatoms. The van der Waals surface area contributed by atoms with Crippen molar-refractivity contribution < 1.29 is 4.74 Å². The maximum absolute atomic E-state index is 13.4. The van der Waals surface area contributed by atoms with Gasteiger partial charge in [-0.3, -0.25) is 4.79 Å². The lowest BCUT2D eigenvalue weighted by Gasteiger charge is -2.29. The Morgan fingerprint density at radius 2 is 1.77 bits per heavy atom. The molecule has 0 atom stereocenters. The maximum Gasteiger partial charge on any atom is 0.197 e. The van der Waals surface area contributed by atoms with Crippen molar-refractivity contribution in [2.75, 3.05) is 0 Å². The van der Waals surface area contributed by atoms with Crippen molar-refractivity contribution in [1.82, 2.24) is 4.57 Å². The summed E-state index contributed by atoms with van der Waals surface area (Å²) in [6.07, 6.45) is 4.12. The van der Waals surface area contributed by atoms with Gasteiger partial charge in [-0.15, -0.1) is 0 Å². The molecule has 5 rings (SSSR count). The van der Waals surface area contributed by atoms with E-state index in [0.29, 0.717) is 0 Å². The van der Waals surface area contributed by atoms with Crippen LogP contribution in [0.2, 0.25) is 0 Å². The summed E-state index contributed by atoms with van der Waals surface area (Å²) in [6.45, 7) is 4.06. The quantitative estimate of drug-likeness (QED) is 0.332. The third-order valence-corrected chi connectivity index (χ3v) is 5.28. The van der Waals surface area contributed by atoms with E-state index in [0.717, 1.165) is 43.9 Å². The highest BCUT2D eigenvalue weighted by Crippen LogP contribution is 2.36. The van der Waals surface area contributed by atoms with E-state index in [9.17, 15) is 4.79 Å². The fourth-order valence-corrected chi connectivity index (χ4v) is 4.02. The Balaban J connectivity index is 2.00. The van der Waals surface area contributed by atoms with Crippen LogP contribution < -0.4 is 10.2 Å². The lowest BCUT2D eigenvalue weighted by molar-refractivity contribution is 0.159. The first-order valence-electron chi connectivity index (χ1n) is 8.82. The molecule has 4 aromatic rings. The van der Waals surface area contributed by atoms with Crippen LogP contribution in [0.15, 0.2) is 59.4 Å². The maximum atomic E-state index is 13.4. The van der Waals surface area contributed by atoms with Crippen LogP contribution in [0.1, 0.15) is 19.4 Å². The highest BCUT2D eigenvalue weighted by atomic mass is 16.5. The molecule has 128 valence electrons. The number of benzene rings is 3. The van der Waals surface area contributed by atoms with Gasteiger partial charge in [-0.1, -0.05) is 30.3 Å². The standard InChI is InChI=1S/C23H19NO2/c1-23(2)13-12-16-19(26-23)11-9-17-21(16)24(3)18-10-8-14-6-4-5-7-15(14)20(18)22(17)25/h4-13H,1-3H3. The van der Waals surface area contributed by atoms with Crippen molar-refractivity contribution >= 4 is 38.7 Å². The Kier molecular flexibility index (Phi) is 2.91. The number of ether oxygens (including phenoxy) is 1. The second kappa shape index (κ2) is 4.98. The minimum Gasteiger partial charge on any atom is -0.483 e. The largest absolute Gasteiger partial charge is 0.483 e. The van der Waals surface area contributed by atoms with Gasteiger partial charge >= 0.3 is 0 Å². The SMILES string of the molecule is Cn1c2ccc3ccccc3c2c(=O)c2ccc3c(c21)C=CC(C)(C)O3. The fourth-order valence-electron chi connectivity index (χ4n) is 4.02. The van der Waals surface area contributed by atoms with Crippen LogP contribution >= 0.6 is 0 Å². The van der Waals surface area contributed by atoms with Gasteiger partial charge in [0, 0.05) is 18.0 Å². The molecule has 3 nitrogen and oxygen atoms in total. The molecule has 1 aromatic heterocycles. The van der Waals surface area contributed by atoms with Crippen LogP contribution in [0, 0.1) is 0 Å². The summed E-state index contributed by atoms with van der Waals surface area (Å²) < 4.78 is 8.22. The molecule has 0 saturated carbocycles. The van der Waals surface area contributed by atoms with Crippen LogP contribution in [0.3, 0.4) is 0 Å². The zero-order chi connectivity index (χ0) is 18.1. The minimum atomic E-state index is -0.341. The lowest BCUT2D eigenvalue weighted by atomic mass is 9.97. The zero-order valence-corrected chi connectivity index (χ0v) is 15.0. The topological polar surface area (TPSA) is 31.2 Å². The fraction of sp³-hybridized carbons (Fsp3) is 0.174. The molecule has 0 amide bonds. The van der Waals surface area contributed by atoms with Crippen LogP contribution in [0.5, 0.6) is 5.75 Å². The van der Waals surface area contributed by atoms with Crippen molar-refractivity contribution in [3.63, 3.8) is 0 Å². The Morgan fingerprint density at radius 3 is 2.62 bits per heavy atom. The van der Waals surface area contributed by atoms with Crippen molar-refractivity contribution in [3.05, 3.63) is 70.4 Å². The lowest BCUT2D eigenvalue weighted by Crippen LogP contribution is -2.27. The van der Waals surface area contributed by atoms with Crippen LogP contribution in [-0.4, -0.2) is 10.2 Å². The molecular weight excluding hydrogens is 322 g/mol. The normalized spacial score (nSPS) is 15.3. The number of hydrogen-bond acceptors (Lipinski definition) is 2. The molecule has 0 fully saturated rings. The second-order valence-electron chi connectivity index (χ2n) is 7.48. The van der Waals surface area contributed by atoms with Crippen LogP contribution in [-0.2, 0) is 7.05 Å². The molecule has 3 aromatic carbocycles. The summed E-state index contributed by atoms with van der Waals surface area (Å²) in [5.41, 5.74) is 2.56. The molecule has 0 spiro atoms. The van der Waals surface area contributed by atoms with E-state index in [2.05, 4.69) is 16.7 Å². The van der Waals surface area contributed by atoms with Gasteiger partial charge < -0.3 is 9.30 Å². The average Bonchev–Trinajstić information content (AvgIpc) is 2.63. The Hall–Kier alpha value is -3.07. The first-order valence-corrected chi connectivity index (χ1v) is 8.82. The summed E-state index contributed by atoms with van der Waals surface area (Å²) in [4.78, 5) is 13.4. The van der Waals surface area contributed by atoms with Gasteiger partial charge in [0.2, 0.25) is 0 Å². The van der Waals surface area contributed by atoms with Gasteiger partial charge in [-0.25, -0.2) is 0 Å². The van der Waals surface area contributed by atoms with E-state index in [4.69, 9.17) is 4.74 Å². The molecule has 26 heavy (non-hydrogen) atoms. The number of aryl methyl sites for hydroxylation is 1. The number of fused-ring (bicyclic) bond motifs is 6. The Morgan fingerprint density at radius 1 is 0.962 bits per heavy atom. The van der Waals surface area contributed by atoms with Crippen molar-refractivity contribution in [3.8, 4) is 5.75 Å². The van der Waals surface area contributed by atoms with Gasteiger partial charge in [0.25, 0.3) is 0 Å². The molecule has 2 heterocycles. The van der Waals surface area contributed by atoms with E-state index in [1.807, 2.05) is 69.4 Å². The summed E-state index contributed by atoms with van der Waals surface area (Å²) in [6, 6.07) is 16.0. The number of pyridine rings is 1. The molecule has 0 bridgehead atoms. The van der Waals surface area contributed by atoms with Gasteiger partial charge in [-0.05, 0) is 55.0 Å². The van der Waals surface area contributed by atoms with E-state index >= 15 is 0 Å². The molecule has 1 aliphatic rings. The zero-order valence-electron chi connectivity index (χ0n) is 15.0. The van der Waals surface area contributed by atoms with Crippen LogP contribution in [0.4, 0.5) is 0 Å². The molecule has 0 unspecified atom stereocenters. The molecule has 0 saturated heterocycles. The Bertz CT molecular complexity index is 1310. The summed E-state index contributed by atoms with van der Waals surface area (Å²) in [5, 5.41) is 3.58. The molecule has 0 N–H and O–H groups in total. The first-order chi connectivity index (χ1) is 12.5. The summed E-state index contributed by atoms with van der Waals surface area (Å²) in [5.74, 6) is 0.820. The van der Waals surface area contributed by atoms with Crippen molar-refractivity contribution in [1.29, 1.82) is 0 Å². The van der Waals surface area contributed by atoms with E-state index in [1.54, 1.807) is 0 Å². The van der Waals surface area contributed by atoms with Crippen molar-refractivity contribution in [2.45, 2.75) is 19.4 Å². The monoisotopic (exact) mass is 341 g/mol. The van der Waals surface area contributed by atoms with E-state index < -0.39 is 0 Å². The summed E-state index contributed by atoms with van der Waals surface area (Å²) >= 11 is 0. The van der Waals surface area contributed by atoms with E-state index in [-0.39, 0.29) is 11.0 Å². The van der Waals surface area contributed by atoms with Crippen LogP contribution in [0.25, 0.3) is 38.7 Å². The number of aromatic nitrogens is 1.